The van der Waals surface area contributed by atoms with Crippen molar-refractivity contribution in [3.63, 3.8) is 0 Å². The maximum atomic E-state index is 13.8. The summed E-state index contributed by atoms with van der Waals surface area (Å²) in [6.07, 6.45) is -0.0797. The zero-order chi connectivity index (χ0) is 23.8. The Balaban J connectivity index is 1.63. The highest BCUT2D eigenvalue weighted by atomic mass is 19.1. The molecule has 0 saturated heterocycles. The van der Waals surface area contributed by atoms with E-state index in [4.69, 9.17) is 0 Å². The first-order valence-corrected chi connectivity index (χ1v) is 10.4. The molecule has 3 aromatic carbocycles. The number of halogens is 1. The van der Waals surface area contributed by atoms with E-state index in [1.54, 1.807) is 60.7 Å². The molecule has 4 amide bonds. The Morgan fingerprint density at radius 1 is 0.879 bits per heavy atom. The van der Waals surface area contributed by atoms with Gasteiger partial charge in [-0.2, -0.15) is 0 Å². The third-order valence-corrected chi connectivity index (χ3v) is 4.94. The molecule has 0 aliphatic carbocycles. The Kier molecular flexibility index (Phi) is 7.75. The van der Waals surface area contributed by atoms with E-state index < -0.39 is 5.82 Å². The van der Waals surface area contributed by atoms with Crippen molar-refractivity contribution in [1.82, 2.24) is 10.6 Å². The highest BCUT2D eigenvalue weighted by molar-refractivity contribution is 5.97. The summed E-state index contributed by atoms with van der Waals surface area (Å²) in [6.45, 7) is 1.82. The third kappa shape index (κ3) is 6.64. The molecular weight excluding hydrogens is 423 g/mol. The second-order valence-corrected chi connectivity index (χ2v) is 7.42. The summed E-state index contributed by atoms with van der Waals surface area (Å²) in [5.41, 5.74) is 2.54. The van der Waals surface area contributed by atoms with E-state index in [0.29, 0.717) is 22.5 Å². The average Bonchev–Trinajstić information content (AvgIpc) is 2.80. The largest absolute Gasteiger partial charge is 0.346 e. The SMILES string of the molecule is CNC(=O)Nc1cccc(C(=O)NC(C)c2cccc(NC(=O)Cc3ccccc3F)c2)c1. The minimum Gasteiger partial charge on any atom is -0.346 e. The van der Waals surface area contributed by atoms with Crippen LogP contribution in [0, 0.1) is 5.82 Å². The minimum atomic E-state index is -0.424. The van der Waals surface area contributed by atoms with Gasteiger partial charge in [-0.25, -0.2) is 9.18 Å². The number of rotatable bonds is 7. The van der Waals surface area contributed by atoms with Crippen LogP contribution < -0.4 is 21.3 Å². The molecule has 3 rings (SSSR count). The first kappa shape index (κ1) is 23.5. The topological polar surface area (TPSA) is 99.3 Å². The number of hydrogen-bond donors (Lipinski definition) is 4. The molecule has 170 valence electrons. The van der Waals surface area contributed by atoms with E-state index in [9.17, 15) is 18.8 Å². The highest BCUT2D eigenvalue weighted by Gasteiger charge is 2.14. The molecule has 0 heterocycles. The van der Waals surface area contributed by atoms with Gasteiger partial charge in [-0.3, -0.25) is 9.59 Å². The summed E-state index contributed by atoms with van der Waals surface area (Å²) in [4.78, 5) is 36.5. The van der Waals surface area contributed by atoms with E-state index in [1.165, 1.54) is 13.1 Å². The van der Waals surface area contributed by atoms with E-state index in [0.717, 1.165) is 5.56 Å². The molecule has 0 aromatic heterocycles. The lowest BCUT2D eigenvalue weighted by Gasteiger charge is -2.16. The Morgan fingerprint density at radius 3 is 2.30 bits per heavy atom. The van der Waals surface area contributed by atoms with Crippen LogP contribution in [-0.4, -0.2) is 24.9 Å². The number of anilines is 2. The lowest BCUT2D eigenvalue weighted by Crippen LogP contribution is -2.27. The number of benzene rings is 3. The van der Waals surface area contributed by atoms with Crippen molar-refractivity contribution in [3.05, 3.63) is 95.3 Å². The van der Waals surface area contributed by atoms with Crippen molar-refractivity contribution >= 4 is 29.2 Å². The number of urea groups is 1. The summed E-state index contributed by atoms with van der Waals surface area (Å²) < 4.78 is 13.8. The van der Waals surface area contributed by atoms with Gasteiger partial charge in [0.1, 0.15) is 5.82 Å². The van der Waals surface area contributed by atoms with Gasteiger partial charge >= 0.3 is 6.03 Å². The smallest absolute Gasteiger partial charge is 0.318 e. The number of amides is 4. The fourth-order valence-electron chi connectivity index (χ4n) is 3.20. The van der Waals surface area contributed by atoms with Crippen LogP contribution in [-0.2, 0) is 11.2 Å². The van der Waals surface area contributed by atoms with Gasteiger partial charge < -0.3 is 21.3 Å². The molecule has 8 heteroatoms. The van der Waals surface area contributed by atoms with Crippen LogP contribution in [0.5, 0.6) is 0 Å². The molecule has 4 N–H and O–H groups in total. The van der Waals surface area contributed by atoms with Crippen LogP contribution >= 0.6 is 0 Å². The molecule has 7 nitrogen and oxygen atoms in total. The monoisotopic (exact) mass is 448 g/mol. The van der Waals surface area contributed by atoms with Crippen molar-refractivity contribution in [1.29, 1.82) is 0 Å². The molecule has 0 radical (unpaired) electrons. The molecule has 0 aliphatic heterocycles. The Morgan fingerprint density at radius 2 is 1.58 bits per heavy atom. The van der Waals surface area contributed by atoms with Crippen molar-refractivity contribution in [2.75, 3.05) is 17.7 Å². The lowest BCUT2D eigenvalue weighted by molar-refractivity contribution is -0.115. The Bertz CT molecular complexity index is 1170. The van der Waals surface area contributed by atoms with Gasteiger partial charge in [0.15, 0.2) is 0 Å². The number of hydrogen-bond acceptors (Lipinski definition) is 3. The Hall–Kier alpha value is -4.20. The third-order valence-electron chi connectivity index (χ3n) is 4.94. The van der Waals surface area contributed by atoms with Gasteiger partial charge in [-0.05, 0) is 54.4 Å². The summed E-state index contributed by atoms with van der Waals surface area (Å²) in [6, 6.07) is 19.1. The molecule has 0 spiro atoms. The zero-order valence-corrected chi connectivity index (χ0v) is 18.3. The van der Waals surface area contributed by atoms with Gasteiger partial charge in [0.2, 0.25) is 5.91 Å². The maximum Gasteiger partial charge on any atom is 0.318 e. The predicted octanol–water partition coefficient (Wildman–Crippen LogP) is 4.25. The van der Waals surface area contributed by atoms with Crippen LogP contribution in [0.3, 0.4) is 0 Å². The van der Waals surface area contributed by atoms with Crippen LogP contribution in [0.2, 0.25) is 0 Å². The van der Waals surface area contributed by atoms with Crippen molar-refractivity contribution in [3.8, 4) is 0 Å². The van der Waals surface area contributed by atoms with Crippen LogP contribution in [0.4, 0.5) is 20.6 Å². The summed E-state index contributed by atoms with van der Waals surface area (Å²) in [5.74, 6) is -1.07. The van der Waals surface area contributed by atoms with Gasteiger partial charge in [0, 0.05) is 24.0 Å². The normalized spacial score (nSPS) is 11.2. The molecule has 1 atom stereocenters. The molecule has 3 aromatic rings. The van der Waals surface area contributed by atoms with Gasteiger partial charge in [-0.15, -0.1) is 0 Å². The predicted molar refractivity (Wildman–Crippen MR) is 126 cm³/mol. The van der Waals surface area contributed by atoms with Crippen LogP contribution in [0.25, 0.3) is 0 Å². The fraction of sp³-hybridized carbons (Fsp3) is 0.160. The summed E-state index contributed by atoms with van der Waals surface area (Å²) in [5, 5.41) is 10.7. The lowest BCUT2D eigenvalue weighted by atomic mass is 10.1. The molecule has 0 bridgehead atoms. The quantitative estimate of drug-likeness (QED) is 0.435. The standard InChI is InChI=1S/C25H25FN4O3/c1-16(28-24(32)19-9-6-11-21(14-19)30-25(33)27-2)17-8-5-10-20(13-17)29-23(31)15-18-7-3-4-12-22(18)26/h3-14,16H,15H2,1-2H3,(H,28,32)(H,29,31)(H2,27,30,33). The summed E-state index contributed by atoms with van der Waals surface area (Å²) in [7, 11) is 1.50. The average molecular weight is 448 g/mol. The van der Waals surface area contributed by atoms with Crippen molar-refractivity contribution < 1.29 is 18.8 Å². The first-order chi connectivity index (χ1) is 15.9. The molecule has 0 saturated carbocycles. The van der Waals surface area contributed by atoms with E-state index in [-0.39, 0.29) is 30.3 Å². The maximum absolute atomic E-state index is 13.8. The number of carbonyl (C=O) groups is 3. The molecule has 0 aliphatic rings. The van der Waals surface area contributed by atoms with E-state index >= 15 is 0 Å². The second-order valence-electron chi connectivity index (χ2n) is 7.42. The molecule has 0 fully saturated rings. The first-order valence-electron chi connectivity index (χ1n) is 10.4. The van der Waals surface area contributed by atoms with Crippen LogP contribution in [0.15, 0.2) is 72.8 Å². The van der Waals surface area contributed by atoms with Gasteiger partial charge in [0.25, 0.3) is 5.91 Å². The molecular formula is C25H25FN4O3. The highest BCUT2D eigenvalue weighted by Crippen LogP contribution is 2.19. The molecule has 1 unspecified atom stereocenters. The Labute approximate surface area is 191 Å². The molecule has 33 heavy (non-hydrogen) atoms. The second kappa shape index (κ2) is 10.9. The number of carbonyl (C=O) groups excluding carboxylic acids is 3. The zero-order valence-electron chi connectivity index (χ0n) is 18.3. The number of nitrogens with one attached hydrogen (secondary N) is 4. The minimum absolute atomic E-state index is 0.0797. The van der Waals surface area contributed by atoms with Crippen molar-refractivity contribution in [2.24, 2.45) is 0 Å². The fourth-order valence-corrected chi connectivity index (χ4v) is 3.20. The van der Waals surface area contributed by atoms with Crippen LogP contribution in [0.1, 0.15) is 34.5 Å². The van der Waals surface area contributed by atoms with Gasteiger partial charge in [0.05, 0.1) is 12.5 Å². The summed E-state index contributed by atoms with van der Waals surface area (Å²) >= 11 is 0. The van der Waals surface area contributed by atoms with Gasteiger partial charge in [-0.1, -0.05) is 36.4 Å². The van der Waals surface area contributed by atoms with E-state index in [2.05, 4.69) is 21.3 Å². The van der Waals surface area contributed by atoms with Crippen molar-refractivity contribution in [2.45, 2.75) is 19.4 Å². The van der Waals surface area contributed by atoms with E-state index in [1.807, 2.05) is 13.0 Å².